The lowest BCUT2D eigenvalue weighted by molar-refractivity contribution is 0.102. The van der Waals surface area contributed by atoms with Crippen LogP contribution in [-0.4, -0.2) is 44.0 Å². The number of nitrogens with zero attached hydrogens (tertiary/aromatic N) is 2. The lowest BCUT2D eigenvalue weighted by atomic mass is 10.1. The number of amides is 1. The maximum atomic E-state index is 12.1. The highest BCUT2D eigenvalue weighted by Gasteiger charge is 2.14. The number of hydrogen-bond donors (Lipinski definition) is 1. The smallest absolute Gasteiger partial charge is 0.255 e. The molecule has 5 heteroatoms. The molecule has 0 spiro atoms. The van der Waals surface area contributed by atoms with Gasteiger partial charge in [-0.3, -0.25) is 4.79 Å². The van der Waals surface area contributed by atoms with Crippen molar-refractivity contribution in [3.63, 3.8) is 0 Å². The molecule has 1 amide bonds. The zero-order valence-electron chi connectivity index (χ0n) is 12.1. The van der Waals surface area contributed by atoms with Gasteiger partial charge in [0.2, 0.25) is 0 Å². The summed E-state index contributed by atoms with van der Waals surface area (Å²) in [6, 6.07) is 9.77. The van der Waals surface area contributed by atoms with Crippen LogP contribution in [0.25, 0.3) is 0 Å². The minimum absolute atomic E-state index is 0.0571. The number of rotatable bonds is 3. The normalized spacial score (nSPS) is 16.0. The summed E-state index contributed by atoms with van der Waals surface area (Å²) in [6.45, 7) is 4.24. The van der Waals surface area contributed by atoms with E-state index in [1.165, 1.54) is 5.69 Å². The molecule has 4 nitrogen and oxygen atoms in total. The summed E-state index contributed by atoms with van der Waals surface area (Å²) in [6.07, 6.45) is 0. The Bertz CT molecular complexity index is 586. The first kappa shape index (κ1) is 14.1. The largest absolute Gasteiger partial charge is 0.369 e. The van der Waals surface area contributed by atoms with Gasteiger partial charge in [-0.15, -0.1) is 0 Å². The van der Waals surface area contributed by atoms with E-state index < -0.39 is 0 Å². The van der Waals surface area contributed by atoms with Crippen molar-refractivity contribution in [3.05, 3.63) is 46.7 Å². The van der Waals surface area contributed by atoms with Gasteiger partial charge in [0.1, 0.15) is 0 Å². The maximum absolute atomic E-state index is 12.1. The highest BCUT2D eigenvalue weighted by molar-refractivity contribution is 7.08. The first-order chi connectivity index (χ1) is 10.2. The molecule has 21 heavy (non-hydrogen) atoms. The molecule has 0 unspecified atom stereocenters. The minimum Gasteiger partial charge on any atom is -0.369 e. The van der Waals surface area contributed by atoms with Crippen molar-refractivity contribution in [1.29, 1.82) is 0 Å². The van der Waals surface area contributed by atoms with Crippen LogP contribution in [0, 0.1) is 0 Å². The lowest BCUT2D eigenvalue weighted by Gasteiger charge is -2.34. The second-order valence-corrected chi connectivity index (χ2v) is 6.08. The molecular formula is C16H19N3OS. The van der Waals surface area contributed by atoms with E-state index in [1.807, 2.05) is 41.1 Å². The Kier molecular flexibility index (Phi) is 4.22. The van der Waals surface area contributed by atoms with Crippen LogP contribution < -0.4 is 10.2 Å². The van der Waals surface area contributed by atoms with Gasteiger partial charge in [0, 0.05) is 42.8 Å². The molecule has 1 aromatic heterocycles. The topological polar surface area (TPSA) is 35.6 Å². The number of piperazine rings is 1. The molecule has 0 saturated carbocycles. The molecule has 0 aliphatic carbocycles. The molecule has 1 aliphatic rings. The van der Waals surface area contributed by atoms with E-state index in [0.29, 0.717) is 5.56 Å². The Morgan fingerprint density at radius 2 is 1.81 bits per heavy atom. The van der Waals surface area contributed by atoms with Crippen LogP contribution in [0.5, 0.6) is 0 Å². The average molecular weight is 301 g/mol. The zero-order valence-corrected chi connectivity index (χ0v) is 12.9. The van der Waals surface area contributed by atoms with Crippen LogP contribution in [-0.2, 0) is 0 Å². The number of carbonyl (C=O) groups is 1. The number of hydrogen-bond acceptors (Lipinski definition) is 4. The Hall–Kier alpha value is -1.85. The van der Waals surface area contributed by atoms with E-state index >= 15 is 0 Å². The van der Waals surface area contributed by atoms with Gasteiger partial charge in [-0.1, -0.05) is 0 Å². The quantitative estimate of drug-likeness (QED) is 0.947. The standard InChI is InChI=1S/C16H19N3OS/c1-18-7-9-19(10-8-18)15-4-2-13(3-5-15)16(20)17-14-6-11-21-12-14/h2-6,11-12H,7-10H2,1H3,(H,17,20). The number of nitrogens with one attached hydrogen (secondary N) is 1. The minimum atomic E-state index is -0.0571. The van der Waals surface area contributed by atoms with Gasteiger partial charge in [0.15, 0.2) is 0 Å². The van der Waals surface area contributed by atoms with Crippen LogP contribution in [0.1, 0.15) is 10.4 Å². The SMILES string of the molecule is CN1CCN(c2ccc(C(=O)Nc3ccsc3)cc2)CC1. The predicted molar refractivity (Wildman–Crippen MR) is 88.4 cm³/mol. The first-order valence-corrected chi connectivity index (χ1v) is 8.04. The summed E-state index contributed by atoms with van der Waals surface area (Å²) < 4.78 is 0. The highest BCUT2D eigenvalue weighted by Crippen LogP contribution is 2.18. The molecule has 1 saturated heterocycles. The number of likely N-dealkylation sites (N-methyl/N-ethyl adjacent to an activating group) is 1. The van der Waals surface area contributed by atoms with Crippen molar-refractivity contribution in [2.24, 2.45) is 0 Å². The molecule has 1 aliphatic heterocycles. The van der Waals surface area contributed by atoms with Crippen LogP contribution in [0.3, 0.4) is 0 Å². The third kappa shape index (κ3) is 3.43. The fraction of sp³-hybridized carbons (Fsp3) is 0.312. The summed E-state index contributed by atoms with van der Waals surface area (Å²) in [5, 5.41) is 6.77. The third-order valence-electron chi connectivity index (χ3n) is 3.78. The van der Waals surface area contributed by atoms with E-state index in [4.69, 9.17) is 0 Å². The van der Waals surface area contributed by atoms with Gasteiger partial charge in [-0.2, -0.15) is 11.3 Å². The number of carbonyl (C=O) groups excluding carboxylic acids is 1. The number of benzene rings is 1. The predicted octanol–water partition coefficient (Wildman–Crippen LogP) is 2.75. The summed E-state index contributed by atoms with van der Waals surface area (Å²) in [7, 11) is 2.15. The second-order valence-electron chi connectivity index (χ2n) is 5.30. The van der Waals surface area contributed by atoms with E-state index in [1.54, 1.807) is 11.3 Å². The summed E-state index contributed by atoms with van der Waals surface area (Å²) in [4.78, 5) is 16.8. The van der Waals surface area contributed by atoms with Crippen LogP contribution in [0.4, 0.5) is 11.4 Å². The Morgan fingerprint density at radius 3 is 2.43 bits per heavy atom. The molecule has 0 radical (unpaired) electrons. The van der Waals surface area contributed by atoms with E-state index in [0.717, 1.165) is 31.9 Å². The Morgan fingerprint density at radius 1 is 1.10 bits per heavy atom. The zero-order chi connectivity index (χ0) is 14.7. The number of thiophene rings is 1. The summed E-state index contributed by atoms with van der Waals surface area (Å²) in [5.74, 6) is -0.0571. The van der Waals surface area contributed by atoms with E-state index in [2.05, 4.69) is 22.2 Å². The molecule has 0 bridgehead atoms. The van der Waals surface area contributed by atoms with Gasteiger partial charge in [0.05, 0.1) is 5.69 Å². The van der Waals surface area contributed by atoms with Gasteiger partial charge in [-0.05, 0) is 42.8 Å². The van der Waals surface area contributed by atoms with Gasteiger partial charge in [0.25, 0.3) is 5.91 Å². The van der Waals surface area contributed by atoms with Crippen LogP contribution >= 0.6 is 11.3 Å². The van der Waals surface area contributed by atoms with Crippen molar-refractivity contribution in [3.8, 4) is 0 Å². The monoisotopic (exact) mass is 301 g/mol. The van der Waals surface area contributed by atoms with Crippen molar-refractivity contribution in [2.75, 3.05) is 43.4 Å². The Balaban J connectivity index is 1.65. The molecule has 1 N–H and O–H groups in total. The van der Waals surface area contributed by atoms with E-state index in [9.17, 15) is 4.79 Å². The highest BCUT2D eigenvalue weighted by atomic mass is 32.1. The Labute approximate surface area is 129 Å². The first-order valence-electron chi connectivity index (χ1n) is 7.09. The van der Waals surface area contributed by atoms with Crippen molar-refractivity contribution in [2.45, 2.75) is 0 Å². The lowest BCUT2D eigenvalue weighted by Crippen LogP contribution is -2.44. The van der Waals surface area contributed by atoms with Crippen molar-refractivity contribution >= 4 is 28.6 Å². The molecule has 110 valence electrons. The summed E-state index contributed by atoms with van der Waals surface area (Å²) in [5.41, 5.74) is 2.74. The molecule has 0 atom stereocenters. The fourth-order valence-corrected chi connectivity index (χ4v) is 3.01. The van der Waals surface area contributed by atoms with Crippen molar-refractivity contribution in [1.82, 2.24) is 4.90 Å². The molecule has 2 heterocycles. The third-order valence-corrected chi connectivity index (χ3v) is 4.46. The van der Waals surface area contributed by atoms with Crippen molar-refractivity contribution < 1.29 is 4.79 Å². The molecule has 1 aromatic carbocycles. The molecule has 1 fully saturated rings. The fourth-order valence-electron chi connectivity index (χ4n) is 2.43. The van der Waals surface area contributed by atoms with E-state index in [-0.39, 0.29) is 5.91 Å². The molecule has 2 aromatic rings. The average Bonchev–Trinajstić information content (AvgIpc) is 3.01. The molecular weight excluding hydrogens is 282 g/mol. The number of anilines is 2. The summed E-state index contributed by atoms with van der Waals surface area (Å²) >= 11 is 1.57. The van der Waals surface area contributed by atoms with Crippen LogP contribution in [0.15, 0.2) is 41.1 Å². The van der Waals surface area contributed by atoms with Crippen LogP contribution in [0.2, 0.25) is 0 Å². The maximum Gasteiger partial charge on any atom is 0.255 e. The van der Waals surface area contributed by atoms with Gasteiger partial charge >= 0.3 is 0 Å². The molecule has 3 rings (SSSR count). The second kappa shape index (κ2) is 6.28. The van der Waals surface area contributed by atoms with Gasteiger partial charge < -0.3 is 15.1 Å². The van der Waals surface area contributed by atoms with Gasteiger partial charge in [-0.25, -0.2) is 0 Å².